The van der Waals surface area contributed by atoms with Crippen LogP contribution < -0.4 is 5.73 Å². The summed E-state index contributed by atoms with van der Waals surface area (Å²) in [4.78, 5) is 10.9. The van der Waals surface area contributed by atoms with Crippen molar-refractivity contribution in [2.45, 2.75) is 5.92 Å². The maximum absolute atomic E-state index is 13.2. The average Bonchev–Trinajstić information content (AvgIpc) is 2.20. The number of amides is 1. The van der Waals surface area contributed by atoms with Gasteiger partial charge in [-0.05, 0) is 6.07 Å². The molecule has 0 aliphatic heterocycles. The van der Waals surface area contributed by atoms with Crippen LogP contribution >= 0.6 is 0 Å². The van der Waals surface area contributed by atoms with E-state index in [9.17, 15) is 18.0 Å². The molecule has 3 nitrogen and oxygen atoms in total. The first-order chi connectivity index (χ1) is 7.40. The minimum atomic E-state index is -3.87. The van der Waals surface area contributed by atoms with Gasteiger partial charge in [-0.3, -0.25) is 4.79 Å². The zero-order valence-corrected chi connectivity index (χ0v) is 8.08. The van der Waals surface area contributed by atoms with Crippen molar-refractivity contribution in [3.8, 4) is 0 Å². The van der Waals surface area contributed by atoms with E-state index in [1.54, 1.807) is 0 Å². The second-order valence-corrected chi connectivity index (χ2v) is 3.08. The summed E-state index contributed by atoms with van der Waals surface area (Å²) in [5, 5.41) is 8.46. The third kappa shape index (κ3) is 2.33. The van der Waals surface area contributed by atoms with E-state index in [4.69, 9.17) is 10.8 Å². The minimum Gasteiger partial charge on any atom is -0.390 e. The number of nitrogens with two attached hydrogens (primary N) is 1. The lowest BCUT2D eigenvalue weighted by Gasteiger charge is -2.22. The van der Waals surface area contributed by atoms with Gasteiger partial charge in [0.2, 0.25) is 5.91 Å². The van der Waals surface area contributed by atoms with Crippen molar-refractivity contribution in [1.29, 1.82) is 0 Å². The molecule has 0 saturated carbocycles. The van der Waals surface area contributed by atoms with Crippen molar-refractivity contribution in [2.24, 2.45) is 5.73 Å². The number of aliphatic hydroxyl groups is 1. The van der Waals surface area contributed by atoms with Crippen LogP contribution in [0, 0.1) is 11.7 Å². The highest BCUT2D eigenvalue weighted by Gasteiger charge is 2.46. The Kier molecular flexibility index (Phi) is 3.54. The predicted molar refractivity (Wildman–Crippen MR) is 50.0 cm³/mol. The molecule has 3 N–H and O–H groups in total. The van der Waals surface area contributed by atoms with E-state index in [0.717, 1.165) is 12.1 Å². The molecule has 0 aliphatic rings. The topological polar surface area (TPSA) is 63.3 Å². The smallest absolute Gasteiger partial charge is 0.290 e. The van der Waals surface area contributed by atoms with E-state index in [1.807, 2.05) is 0 Å². The van der Waals surface area contributed by atoms with Gasteiger partial charge < -0.3 is 10.8 Å². The summed E-state index contributed by atoms with van der Waals surface area (Å²) in [6.07, 6.45) is 0. The Morgan fingerprint density at radius 2 is 1.94 bits per heavy atom. The minimum absolute atomic E-state index is 0.603. The van der Waals surface area contributed by atoms with Crippen LogP contribution in [-0.2, 0) is 4.79 Å². The number of hydrogen-bond donors (Lipinski definition) is 2. The van der Waals surface area contributed by atoms with Crippen LogP contribution in [0.25, 0.3) is 0 Å². The van der Waals surface area contributed by atoms with Crippen LogP contribution in [-0.4, -0.2) is 23.5 Å². The Morgan fingerprint density at radius 1 is 1.38 bits per heavy atom. The SMILES string of the molecule is NC(=O)[C](c1ccccc1F)C(F)(F)CO. The number of carbonyl (C=O) groups is 1. The molecule has 1 aromatic carbocycles. The van der Waals surface area contributed by atoms with E-state index in [2.05, 4.69) is 0 Å². The average molecular weight is 232 g/mol. The van der Waals surface area contributed by atoms with E-state index in [-0.39, 0.29) is 0 Å². The van der Waals surface area contributed by atoms with Gasteiger partial charge in [0.1, 0.15) is 12.4 Å². The quantitative estimate of drug-likeness (QED) is 0.808. The van der Waals surface area contributed by atoms with E-state index >= 15 is 0 Å². The van der Waals surface area contributed by atoms with Gasteiger partial charge in [-0.1, -0.05) is 18.2 Å². The van der Waals surface area contributed by atoms with Gasteiger partial charge in [0.15, 0.2) is 5.92 Å². The van der Waals surface area contributed by atoms with Gasteiger partial charge in [0.25, 0.3) is 5.92 Å². The molecule has 0 atom stereocenters. The van der Waals surface area contributed by atoms with Gasteiger partial charge in [-0.2, -0.15) is 0 Å². The first-order valence-corrected chi connectivity index (χ1v) is 4.31. The van der Waals surface area contributed by atoms with Crippen molar-refractivity contribution >= 4 is 5.91 Å². The molecule has 1 aromatic rings. The van der Waals surface area contributed by atoms with Crippen LogP contribution in [0.2, 0.25) is 0 Å². The van der Waals surface area contributed by atoms with Gasteiger partial charge in [0.05, 0.1) is 0 Å². The van der Waals surface area contributed by atoms with E-state index < -0.39 is 35.7 Å². The molecule has 1 radical (unpaired) electrons. The lowest BCUT2D eigenvalue weighted by Crippen LogP contribution is -2.40. The molecule has 1 amide bonds. The Labute approximate surface area is 89.7 Å². The molecule has 0 heterocycles. The van der Waals surface area contributed by atoms with Crippen LogP contribution in [0.5, 0.6) is 0 Å². The molecule has 0 spiro atoms. The van der Waals surface area contributed by atoms with Crippen LogP contribution in [0.1, 0.15) is 5.56 Å². The molecule has 0 bridgehead atoms. The van der Waals surface area contributed by atoms with Crippen LogP contribution in [0.4, 0.5) is 13.2 Å². The highest BCUT2D eigenvalue weighted by molar-refractivity contribution is 5.94. The lowest BCUT2D eigenvalue weighted by molar-refractivity contribution is -0.122. The monoisotopic (exact) mass is 232 g/mol. The maximum Gasteiger partial charge on any atom is 0.290 e. The number of hydrogen-bond acceptors (Lipinski definition) is 2. The largest absolute Gasteiger partial charge is 0.390 e. The summed E-state index contributed by atoms with van der Waals surface area (Å²) in [6, 6.07) is 4.49. The van der Waals surface area contributed by atoms with Gasteiger partial charge >= 0.3 is 0 Å². The Hall–Kier alpha value is -1.56. The normalized spacial score (nSPS) is 11.8. The fourth-order valence-electron chi connectivity index (χ4n) is 1.25. The van der Waals surface area contributed by atoms with Gasteiger partial charge in [-0.25, -0.2) is 13.2 Å². The number of halogens is 3. The zero-order valence-electron chi connectivity index (χ0n) is 8.08. The standard InChI is InChI=1S/C10H9F3NO2/c11-7-4-2-1-3-6(7)8(9(14)16)10(12,13)5-15/h1-4,15H,5H2,(H2,14,16). The molecule has 0 unspecified atom stereocenters. The molecule has 0 aromatic heterocycles. The first-order valence-electron chi connectivity index (χ1n) is 4.31. The fourth-order valence-corrected chi connectivity index (χ4v) is 1.25. The Balaban J connectivity index is 3.24. The van der Waals surface area contributed by atoms with Crippen molar-refractivity contribution < 1.29 is 23.1 Å². The maximum atomic E-state index is 13.2. The molecule has 1 rings (SSSR count). The van der Waals surface area contributed by atoms with E-state index in [1.165, 1.54) is 12.1 Å². The third-order valence-electron chi connectivity index (χ3n) is 1.95. The summed E-state index contributed by atoms with van der Waals surface area (Å²) in [7, 11) is 0. The fraction of sp³-hybridized carbons (Fsp3) is 0.200. The van der Waals surface area contributed by atoms with E-state index in [0.29, 0.717) is 0 Å². The Bertz CT molecular complexity index is 395. The number of rotatable bonds is 4. The van der Waals surface area contributed by atoms with Crippen molar-refractivity contribution in [2.75, 3.05) is 6.61 Å². The summed E-state index contributed by atoms with van der Waals surface area (Å²) < 4.78 is 39.6. The Morgan fingerprint density at radius 3 is 2.38 bits per heavy atom. The molecule has 16 heavy (non-hydrogen) atoms. The number of benzene rings is 1. The second kappa shape index (κ2) is 4.52. The lowest BCUT2D eigenvalue weighted by atomic mass is 9.92. The van der Waals surface area contributed by atoms with Crippen LogP contribution in [0.3, 0.4) is 0 Å². The molecule has 0 aliphatic carbocycles. The number of carbonyl (C=O) groups excluding carboxylic acids is 1. The molecule has 87 valence electrons. The highest BCUT2D eigenvalue weighted by Crippen LogP contribution is 2.33. The summed E-state index contributed by atoms with van der Waals surface area (Å²) in [6.45, 7) is -1.61. The van der Waals surface area contributed by atoms with Crippen molar-refractivity contribution in [3.05, 3.63) is 41.6 Å². The number of aliphatic hydroxyl groups excluding tert-OH is 1. The zero-order chi connectivity index (χ0) is 12.3. The molecule has 6 heteroatoms. The second-order valence-electron chi connectivity index (χ2n) is 3.08. The predicted octanol–water partition coefficient (Wildman–Crippen LogP) is 0.861. The molecular weight excluding hydrogens is 223 g/mol. The summed E-state index contributed by atoms with van der Waals surface area (Å²) in [5.41, 5.74) is 4.16. The number of alkyl halides is 2. The summed E-state index contributed by atoms with van der Waals surface area (Å²) in [5.74, 6) is -7.56. The van der Waals surface area contributed by atoms with Gasteiger partial charge in [0, 0.05) is 5.56 Å². The summed E-state index contributed by atoms with van der Waals surface area (Å²) >= 11 is 0. The third-order valence-corrected chi connectivity index (χ3v) is 1.95. The first kappa shape index (κ1) is 12.5. The van der Waals surface area contributed by atoms with Crippen molar-refractivity contribution in [3.63, 3.8) is 0 Å². The van der Waals surface area contributed by atoms with Crippen molar-refractivity contribution in [1.82, 2.24) is 0 Å². The molecular formula is C10H9F3NO2. The number of primary amides is 1. The van der Waals surface area contributed by atoms with Gasteiger partial charge in [-0.15, -0.1) is 0 Å². The molecule has 0 fully saturated rings. The molecule has 0 saturated heterocycles. The van der Waals surface area contributed by atoms with Crippen LogP contribution in [0.15, 0.2) is 24.3 Å². The highest BCUT2D eigenvalue weighted by atomic mass is 19.3.